The van der Waals surface area contributed by atoms with Crippen molar-refractivity contribution in [3.8, 4) is 0 Å². The highest BCUT2D eigenvalue weighted by Gasteiger charge is 2.54. The molecule has 0 aromatic carbocycles. The summed E-state index contributed by atoms with van der Waals surface area (Å²) in [5.74, 6) is 0.155. The Bertz CT molecular complexity index is 697. The average Bonchev–Trinajstić information content (AvgIpc) is 3.04. The molecule has 0 spiro atoms. The van der Waals surface area contributed by atoms with Crippen LogP contribution in [0.3, 0.4) is 0 Å². The number of ether oxygens (including phenoxy) is 1. The Hall–Kier alpha value is -1.05. The number of anilines is 1. The second-order valence-electron chi connectivity index (χ2n) is 7.67. The molecule has 2 rings (SSSR count). The summed E-state index contributed by atoms with van der Waals surface area (Å²) in [5.41, 5.74) is 5.07. The van der Waals surface area contributed by atoms with Crippen molar-refractivity contribution in [2.75, 3.05) is 5.73 Å². The topological polar surface area (TPSA) is 109 Å². The van der Waals surface area contributed by atoms with Crippen LogP contribution < -0.4 is 11.4 Å². The first-order valence-corrected chi connectivity index (χ1v) is 14.2. The van der Waals surface area contributed by atoms with Gasteiger partial charge in [-0.05, 0) is 24.4 Å². The molecule has 0 amide bonds. The van der Waals surface area contributed by atoms with Crippen LogP contribution in [0, 0.1) is 0 Å². The lowest BCUT2D eigenvalue weighted by Crippen LogP contribution is -2.51. The summed E-state index contributed by atoms with van der Waals surface area (Å²) >= 11 is 0. The monoisotopic (exact) mass is 443 g/mol. The molecule has 166 valence electrons. The van der Waals surface area contributed by atoms with E-state index in [4.69, 9.17) is 19.3 Å². The number of aromatic nitrogens is 2. The van der Waals surface area contributed by atoms with Crippen molar-refractivity contribution in [3.63, 3.8) is 0 Å². The van der Waals surface area contributed by atoms with E-state index in [1.165, 1.54) is 4.57 Å². The molecule has 1 aromatic heterocycles. The fourth-order valence-electron chi connectivity index (χ4n) is 4.11. The first kappa shape index (κ1) is 24.2. The van der Waals surface area contributed by atoms with Gasteiger partial charge in [-0.1, -0.05) is 47.1 Å². The van der Waals surface area contributed by atoms with Gasteiger partial charge >= 0.3 is 5.69 Å². The third-order valence-corrected chi connectivity index (χ3v) is 9.23. The summed E-state index contributed by atoms with van der Waals surface area (Å²) in [6.07, 6.45) is 2.24. The molecule has 3 N–H and O–H groups in total. The van der Waals surface area contributed by atoms with Crippen LogP contribution in [-0.4, -0.2) is 58.1 Å². The van der Waals surface area contributed by atoms with Crippen molar-refractivity contribution >= 4 is 25.3 Å². The van der Waals surface area contributed by atoms with Gasteiger partial charge in [0.2, 0.25) is 0 Å². The Kier molecular flexibility index (Phi) is 9.04. The lowest BCUT2D eigenvalue weighted by molar-refractivity contribution is -0.131. The Morgan fingerprint density at radius 1 is 1.34 bits per heavy atom. The van der Waals surface area contributed by atoms with Crippen molar-refractivity contribution < 1.29 is 18.7 Å². The minimum absolute atomic E-state index is 0.155. The normalized spacial score (nSPS) is 25.9. The van der Waals surface area contributed by atoms with Crippen molar-refractivity contribution in [2.24, 2.45) is 0 Å². The van der Waals surface area contributed by atoms with E-state index in [9.17, 15) is 9.90 Å². The molecule has 0 aliphatic carbocycles. The number of rotatable bonds is 11. The highest BCUT2D eigenvalue weighted by Crippen LogP contribution is 2.40. The number of hydrogen-bond acceptors (Lipinski definition) is 7. The zero-order valence-corrected chi connectivity index (χ0v) is 21.2. The van der Waals surface area contributed by atoms with Crippen molar-refractivity contribution in [1.82, 2.24) is 9.55 Å². The standard InChI is InChI=1S/C19H37N3O5Si2/c1-6-12(7-2)29-26-15-14(23)16(19(8-3,9-4)27-28-5)25-17(15)22-11-10-13(20)21-18(22)24/h10-12,14-17,23H,6-9,28-29H2,1-5H3,(H2,20,21,24). The molecule has 1 saturated heterocycles. The number of aliphatic hydroxyl groups excluding tert-OH is 1. The van der Waals surface area contributed by atoms with Crippen LogP contribution in [0.15, 0.2) is 17.1 Å². The largest absolute Gasteiger partial charge is 0.416 e. The molecule has 4 unspecified atom stereocenters. The van der Waals surface area contributed by atoms with E-state index in [1.54, 1.807) is 12.3 Å². The van der Waals surface area contributed by atoms with Gasteiger partial charge < -0.3 is 24.4 Å². The van der Waals surface area contributed by atoms with Gasteiger partial charge in [0.05, 0.1) is 5.60 Å². The van der Waals surface area contributed by atoms with E-state index >= 15 is 0 Å². The van der Waals surface area contributed by atoms with Crippen LogP contribution in [0.4, 0.5) is 5.82 Å². The zero-order valence-electron chi connectivity index (χ0n) is 18.3. The summed E-state index contributed by atoms with van der Waals surface area (Å²) in [6, 6.07) is 1.56. The minimum Gasteiger partial charge on any atom is -0.416 e. The first-order chi connectivity index (χ1) is 13.9. The van der Waals surface area contributed by atoms with Gasteiger partial charge in [0.1, 0.15) is 24.1 Å². The highest BCUT2D eigenvalue weighted by molar-refractivity contribution is 6.29. The van der Waals surface area contributed by atoms with Gasteiger partial charge in [0.15, 0.2) is 25.8 Å². The molecule has 1 aliphatic heterocycles. The second kappa shape index (κ2) is 10.8. The van der Waals surface area contributed by atoms with E-state index in [1.807, 2.05) is 13.8 Å². The van der Waals surface area contributed by atoms with E-state index < -0.39 is 55.4 Å². The van der Waals surface area contributed by atoms with Crippen molar-refractivity contribution in [3.05, 3.63) is 22.7 Å². The lowest BCUT2D eigenvalue weighted by atomic mass is 9.87. The molecule has 8 nitrogen and oxygen atoms in total. The molecule has 2 heterocycles. The third kappa shape index (κ3) is 5.17. The highest BCUT2D eigenvalue weighted by atomic mass is 28.2. The first-order valence-electron chi connectivity index (χ1n) is 10.8. The summed E-state index contributed by atoms with van der Waals surface area (Å²) in [5, 5.41) is 11.3. The van der Waals surface area contributed by atoms with E-state index in [2.05, 4.69) is 25.4 Å². The summed E-state index contributed by atoms with van der Waals surface area (Å²) in [4.78, 5) is 16.3. The molecule has 1 aliphatic rings. The summed E-state index contributed by atoms with van der Waals surface area (Å²) < 4.78 is 20.2. The summed E-state index contributed by atoms with van der Waals surface area (Å²) in [7, 11) is -1.65. The summed E-state index contributed by atoms with van der Waals surface area (Å²) in [6.45, 7) is 10.5. The minimum atomic E-state index is -0.916. The molecule has 0 saturated carbocycles. The maximum atomic E-state index is 12.5. The smallest absolute Gasteiger partial charge is 0.351 e. The van der Waals surface area contributed by atoms with Crippen molar-refractivity contribution in [2.45, 2.75) is 95.6 Å². The predicted octanol–water partition coefficient (Wildman–Crippen LogP) is 0.869. The molecule has 1 aromatic rings. The number of nitrogens with two attached hydrogens (primary N) is 1. The molecule has 29 heavy (non-hydrogen) atoms. The maximum Gasteiger partial charge on any atom is 0.351 e. The molecule has 1 fully saturated rings. The molecule has 4 atom stereocenters. The molecule has 10 heteroatoms. The SMILES string of the molecule is CCC(CC)[SiH2]OC1C(O)C(C(CC)(CC)O[SiH2]C)OC1n1ccc(N)nc1=O. The van der Waals surface area contributed by atoms with E-state index in [0.717, 1.165) is 12.8 Å². The fourth-order valence-corrected chi connectivity index (χ4v) is 6.58. The van der Waals surface area contributed by atoms with Crippen LogP contribution in [0.25, 0.3) is 0 Å². The fraction of sp³-hybridized carbons (Fsp3) is 0.789. The van der Waals surface area contributed by atoms with Gasteiger partial charge in [-0.15, -0.1) is 0 Å². The Labute approximate surface area is 178 Å². The quantitative estimate of drug-likeness (QED) is 0.488. The van der Waals surface area contributed by atoms with Gasteiger partial charge in [-0.2, -0.15) is 4.98 Å². The molecule has 0 bridgehead atoms. The van der Waals surface area contributed by atoms with Crippen molar-refractivity contribution in [1.29, 1.82) is 0 Å². The van der Waals surface area contributed by atoms with Crippen LogP contribution >= 0.6 is 0 Å². The Morgan fingerprint density at radius 3 is 2.52 bits per heavy atom. The van der Waals surface area contributed by atoms with Gasteiger partial charge in [0.25, 0.3) is 0 Å². The van der Waals surface area contributed by atoms with E-state index in [0.29, 0.717) is 18.4 Å². The Morgan fingerprint density at radius 2 is 2.00 bits per heavy atom. The number of aliphatic hydroxyl groups is 1. The predicted molar refractivity (Wildman–Crippen MR) is 119 cm³/mol. The van der Waals surface area contributed by atoms with Crippen LogP contribution in [0.5, 0.6) is 0 Å². The molecule has 0 radical (unpaired) electrons. The Balaban J connectivity index is 2.40. The lowest BCUT2D eigenvalue weighted by Gasteiger charge is -2.39. The third-order valence-electron chi connectivity index (χ3n) is 6.17. The van der Waals surface area contributed by atoms with Crippen LogP contribution in [0.2, 0.25) is 12.1 Å². The zero-order chi connectivity index (χ0) is 21.6. The van der Waals surface area contributed by atoms with Gasteiger partial charge in [0, 0.05) is 6.20 Å². The van der Waals surface area contributed by atoms with Gasteiger partial charge in [-0.3, -0.25) is 4.57 Å². The molecular weight excluding hydrogens is 406 g/mol. The van der Waals surface area contributed by atoms with Crippen LogP contribution in [-0.2, 0) is 13.6 Å². The van der Waals surface area contributed by atoms with E-state index in [-0.39, 0.29) is 5.82 Å². The molecular formula is C19H37N3O5Si2. The number of nitrogens with zero attached hydrogens (tertiary/aromatic N) is 2. The number of hydrogen-bond donors (Lipinski definition) is 2. The maximum absolute atomic E-state index is 12.5. The van der Waals surface area contributed by atoms with Crippen LogP contribution in [0.1, 0.15) is 59.6 Å². The average molecular weight is 444 g/mol. The second-order valence-corrected chi connectivity index (χ2v) is 10.4. The van der Waals surface area contributed by atoms with Gasteiger partial charge in [-0.25, -0.2) is 4.79 Å². The number of nitrogen functional groups attached to an aromatic ring is 1.